The minimum atomic E-state index is 0.863. The van der Waals surface area contributed by atoms with Gasteiger partial charge >= 0.3 is 0 Å². The van der Waals surface area contributed by atoms with E-state index in [0.29, 0.717) is 0 Å². The van der Waals surface area contributed by atoms with Crippen molar-refractivity contribution in [3.05, 3.63) is 17.8 Å². The molecular formula is C13H22N2O. The Morgan fingerprint density at radius 2 is 2.38 bits per heavy atom. The van der Waals surface area contributed by atoms with Crippen LogP contribution in [0.25, 0.3) is 0 Å². The highest BCUT2D eigenvalue weighted by molar-refractivity contribution is 4.97. The number of rotatable bonds is 7. The summed E-state index contributed by atoms with van der Waals surface area (Å²) in [7, 11) is 0. The first kappa shape index (κ1) is 11.6. The van der Waals surface area contributed by atoms with Crippen molar-refractivity contribution in [2.24, 2.45) is 5.92 Å². The molecule has 0 spiro atoms. The molecule has 1 fully saturated rings. The van der Waals surface area contributed by atoms with E-state index in [1.165, 1.54) is 19.3 Å². The number of oxazole rings is 1. The number of nitrogens with one attached hydrogen (secondary N) is 1. The molecule has 0 bridgehead atoms. The van der Waals surface area contributed by atoms with Crippen molar-refractivity contribution in [2.75, 3.05) is 13.1 Å². The molecule has 1 aromatic heterocycles. The minimum Gasteiger partial charge on any atom is -0.446 e. The summed E-state index contributed by atoms with van der Waals surface area (Å²) >= 11 is 0. The third-order valence-electron chi connectivity index (χ3n) is 3.31. The van der Waals surface area contributed by atoms with Gasteiger partial charge in [0.2, 0.25) is 0 Å². The van der Waals surface area contributed by atoms with E-state index in [1.807, 2.05) is 6.20 Å². The average Bonchev–Trinajstić information content (AvgIpc) is 2.67. The molecular weight excluding hydrogens is 200 g/mol. The van der Waals surface area contributed by atoms with Gasteiger partial charge in [-0.1, -0.05) is 26.2 Å². The summed E-state index contributed by atoms with van der Waals surface area (Å²) in [4.78, 5) is 4.33. The van der Waals surface area contributed by atoms with E-state index in [0.717, 1.165) is 49.9 Å². The standard InChI is InChI=1S/C13H22N2O/c1-2-14-8-4-7-13-15-10-12(16-13)9-11-5-3-6-11/h10-11,14H,2-9H2,1H3. The van der Waals surface area contributed by atoms with E-state index in [9.17, 15) is 0 Å². The van der Waals surface area contributed by atoms with Crippen molar-refractivity contribution < 1.29 is 4.42 Å². The Labute approximate surface area is 97.6 Å². The van der Waals surface area contributed by atoms with Crippen LogP contribution in [0.4, 0.5) is 0 Å². The zero-order valence-corrected chi connectivity index (χ0v) is 10.2. The van der Waals surface area contributed by atoms with Gasteiger partial charge in [-0.2, -0.15) is 0 Å². The summed E-state index contributed by atoms with van der Waals surface area (Å²) in [6, 6.07) is 0. The second-order valence-corrected chi connectivity index (χ2v) is 4.68. The van der Waals surface area contributed by atoms with Gasteiger partial charge in [-0.3, -0.25) is 0 Å². The van der Waals surface area contributed by atoms with Crippen LogP contribution in [0.5, 0.6) is 0 Å². The summed E-state index contributed by atoms with van der Waals surface area (Å²) in [5, 5.41) is 3.31. The third-order valence-corrected chi connectivity index (χ3v) is 3.31. The molecule has 3 nitrogen and oxygen atoms in total. The predicted octanol–water partition coefficient (Wildman–Crippen LogP) is 2.56. The molecule has 0 aliphatic heterocycles. The van der Waals surface area contributed by atoms with Crippen LogP contribution in [-0.2, 0) is 12.8 Å². The van der Waals surface area contributed by atoms with Crippen molar-refractivity contribution in [2.45, 2.75) is 45.4 Å². The van der Waals surface area contributed by atoms with Gasteiger partial charge in [0.25, 0.3) is 0 Å². The van der Waals surface area contributed by atoms with Crippen LogP contribution in [-0.4, -0.2) is 18.1 Å². The van der Waals surface area contributed by atoms with Crippen LogP contribution < -0.4 is 5.32 Å². The van der Waals surface area contributed by atoms with Crippen LogP contribution >= 0.6 is 0 Å². The second-order valence-electron chi connectivity index (χ2n) is 4.68. The highest BCUT2D eigenvalue weighted by Gasteiger charge is 2.19. The Bertz CT molecular complexity index is 305. The molecule has 1 saturated carbocycles. The Balaban J connectivity index is 1.69. The van der Waals surface area contributed by atoms with Crippen LogP contribution in [0, 0.1) is 5.92 Å². The van der Waals surface area contributed by atoms with Crippen LogP contribution in [0.3, 0.4) is 0 Å². The molecule has 0 unspecified atom stereocenters. The van der Waals surface area contributed by atoms with Gasteiger partial charge in [0.1, 0.15) is 5.76 Å². The van der Waals surface area contributed by atoms with Gasteiger partial charge in [-0.05, 0) is 25.4 Å². The Kier molecular flexibility index (Phi) is 4.40. The van der Waals surface area contributed by atoms with E-state index in [-0.39, 0.29) is 0 Å². The lowest BCUT2D eigenvalue weighted by Gasteiger charge is -2.23. The van der Waals surface area contributed by atoms with Crippen molar-refractivity contribution in [1.82, 2.24) is 10.3 Å². The first-order valence-electron chi connectivity index (χ1n) is 6.52. The number of hydrogen-bond acceptors (Lipinski definition) is 3. The summed E-state index contributed by atoms with van der Waals surface area (Å²) in [6.45, 7) is 4.22. The van der Waals surface area contributed by atoms with Crippen LogP contribution in [0.1, 0.15) is 44.3 Å². The maximum absolute atomic E-state index is 5.73. The Morgan fingerprint density at radius 1 is 1.50 bits per heavy atom. The fourth-order valence-corrected chi connectivity index (χ4v) is 2.08. The summed E-state index contributed by atoms with van der Waals surface area (Å²) in [5.74, 6) is 2.86. The lowest BCUT2D eigenvalue weighted by Crippen LogP contribution is -2.14. The first-order chi connectivity index (χ1) is 7.88. The third kappa shape index (κ3) is 3.34. The van der Waals surface area contributed by atoms with Gasteiger partial charge in [-0.25, -0.2) is 4.98 Å². The maximum atomic E-state index is 5.73. The molecule has 16 heavy (non-hydrogen) atoms. The van der Waals surface area contributed by atoms with E-state index < -0.39 is 0 Å². The van der Waals surface area contributed by atoms with Crippen molar-refractivity contribution in [3.8, 4) is 0 Å². The molecule has 3 heteroatoms. The number of aromatic nitrogens is 1. The fourth-order valence-electron chi connectivity index (χ4n) is 2.08. The average molecular weight is 222 g/mol. The monoisotopic (exact) mass is 222 g/mol. The molecule has 1 aliphatic carbocycles. The lowest BCUT2D eigenvalue weighted by atomic mass is 9.82. The van der Waals surface area contributed by atoms with E-state index in [2.05, 4.69) is 17.2 Å². The Hall–Kier alpha value is -0.830. The van der Waals surface area contributed by atoms with Gasteiger partial charge in [0, 0.05) is 12.8 Å². The highest BCUT2D eigenvalue weighted by Crippen LogP contribution is 2.29. The van der Waals surface area contributed by atoms with Gasteiger partial charge in [0.15, 0.2) is 5.89 Å². The molecule has 1 heterocycles. The van der Waals surface area contributed by atoms with Crippen molar-refractivity contribution in [3.63, 3.8) is 0 Å². The zero-order valence-electron chi connectivity index (χ0n) is 10.2. The molecule has 1 aromatic rings. The Morgan fingerprint density at radius 3 is 3.06 bits per heavy atom. The predicted molar refractivity (Wildman–Crippen MR) is 64.4 cm³/mol. The van der Waals surface area contributed by atoms with Gasteiger partial charge < -0.3 is 9.73 Å². The smallest absolute Gasteiger partial charge is 0.194 e. The summed E-state index contributed by atoms with van der Waals surface area (Å²) < 4.78 is 5.73. The molecule has 2 rings (SSSR count). The summed E-state index contributed by atoms with van der Waals surface area (Å²) in [6.07, 6.45) is 9.22. The molecule has 0 aromatic carbocycles. The first-order valence-corrected chi connectivity index (χ1v) is 6.52. The largest absolute Gasteiger partial charge is 0.446 e. The lowest BCUT2D eigenvalue weighted by molar-refractivity contribution is 0.291. The summed E-state index contributed by atoms with van der Waals surface area (Å²) in [5.41, 5.74) is 0. The normalized spacial score (nSPS) is 16.3. The maximum Gasteiger partial charge on any atom is 0.194 e. The number of hydrogen-bond donors (Lipinski definition) is 1. The van der Waals surface area contributed by atoms with E-state index in [1.54, 1.807) is 0 Å². The molecule has 0 saturated heterocycles. The van der Waals surface area contributed by atoms with Crippen LogP contribution in [0.2, 0.25) is 0 Å². The van der Waals surface area contributed by atoms with Crippen LogP contribution in [0.15, 0.2) is 10.6 Å². The fraction of sp³-hybridized carbons (Fsp3) is 0.769. The second kappa shape index (κ2) is 6.04. The molecule has 1 N–H and O–H groups in total. The molecule has 90 valence electrons. The molecule has 0 atom stereocenters. The topological polar surface area (TPSA) is 38.1 Å². The number of aryl methyl sites for hydroxylation is 1. The van der Waals surface area contributed by atoms with Crippen molar-refractivity contribution in [1.29, 1.82) is 0 Å². The van der Waals surface area contributed by atoms with Gasteiger partial charge in [0.05, 0.1) is 6.20 Å². The van der Waals surface area contributed by atoms with Crippen molar-refractivity contribution >= 4 is 0 Å². The molecule has 0 amide bonds. The highest BCUT2D eigenvalue weighted by atomic mass is 16.4. The van der Waals surface area contributed by atoms with E-state index >= 15 is 0 Å². The minimum absolute atomic E-state index is 0.863. The van der Waals surface area contributed by atoms with Gasteiger partial charge in [-0.15, -0.1) is 0 Å². The SMILES string of the molecule is CCNCCCc1ncc(CC2CCC2)o1. The molecule has 1 aliphatic rings. The molecule has 0 radical (unpaired) electrons. The number of nitrogens with zero attached hydrogens (tertiary/aromatic N) is 1. The quantitative estimate of drug-likeness (QED) is 0.720. The van der Waals surface area contributed by atoms with E-state index in [4.69, 9.17) is 4.42 Å². The zero-order chi connectivity index (χ0) is 11.2.